The smallest absolute Gasteiger partial charge is 0.309 e. The van der Waals surface area contributed by atoms with E-state index in [4.69, 9.17) is 4.74 Å². The number of benzene rings is 1. The highest BCUT2D eigenvalue weighted by atomic mass is 16.5. The molecular formula is C15H20O2. The molecule has 2 heteroatoms. The van der Waals surface area contributed by atoms with Gasteiger partial charge in [0.1, 0.15) is 0 Å². The molecule has 0 saturated carbocycles. The van der Waals surface area contributed by atoms with Crippen LogP contribution < -0.4 is 0 Å². The second-order valence-corrected chi connectivity index (χ2v) is 4.43. The van der Waals surface area contributed by atoms with Gasteiger partial charge in [-0.3, -0.25) is 4.79 Å². The Hall–Kier alpha value is -1.57. The summed E-state index contributed by atoms with van der Waals surface area (Å²) in [6.45, 7) is 4.08. The molecule has 0 fully saturated rings. The summed E-state index contributed by atoms with van der Waals surface area (Å²) in [5, 5.41) is 0. The highest BCUT2D eigenvalue weighted by Crippen LogP contribution is 2.15. The topological polar surface area (TPSA) is 26.3 Å². The molecule has 0 saturated heterocycles. The van der Waals surface area contributed by atoms with Crippen molar-refractivity contribution in [3.63, 3.8) is 0 Å². The van der Waals surface area contributed by atoms with Gasteiger partial charge in [0.2, 0.25) is 0 Å². The van der Waals surface area contributed by atoms with Crippen LogP contribution in [0.1, 0.15) is 25.8 Å². The van der Waals surface area contributed by atoms with Crippen LogP contribution in [0.2, 0.25) is 0 Å². The summed E-state index contributed by atoms with van der Waals surface area (Å²) in [6, 6.07) is 10.0. The van der Waals surface area contributed by atoms with E-state index in [9.17, 15) is 4.79 Å². The van der Waals surface area contributed by atoms with Gasteiger partial charge >= 0.3 is 5.97 Å². The lowest BCUT2D eigenvalue weighted by Gasteiger charge is -2.13. The molecule has 2 nitrogen and oxygen atoms in total. The number of esters is 1. The molecule has 0 bridgehead atoms. The lowest BCUT2D eigenvalue weighted by atomic mass is 9.95. The highest BCUT2D eigenvalue weighted by Gasteiger charge is 2.18. The van der Waals surface area contributed by atoms with E-state index in [1.807, 2.05) is 44.2 Å². The van der Waals surface area contributed by atoms with Gasteiger partial charge in [0, 0.05) is 0 Å². The molecular weight excluding hydrogens is 212 g/mol. The van der Waals surface area contributed by atoms with Gasteiger partial charge in [-0.2, -0.15) is 0 Å². The lowest BCUT2D eigenvalue weighted by molar-refractivity contribution is -0.145. The summed E-state index contributed by atoms with van der Waals surface area (Å²) in [6.07, 6.45) is 3.56. The Kier molecular flexibility index (Phi) is 5.47. The van der Waals surface area contributed by atoms with E-state index in [0.29, 0.717) is 0 Å². The number of carbonyl (C=O) groups is 1. The van der Waals surface area contributed by atoms with Crippen LogP contribution in [0.3, 0.4) is 0 Å². The van der Waals surface area contributed by atoms with Crippen LogP contribution in [0, 0.1) is 5.92 Å². The van der Waals surface area contributed by atoms with Crippen LogP contribution in [0.5, 0.6) is 0 Å². The van der Waals surface area contributed by atoms with Crippen molar-refractivity contribution in [3.8, 4) is 0 Å². The van der Waals surface area contributed by atoms with E-state index in [-0.39, 0.29) is 11.9 Å². The fourth-order valence-corrected chi connectivity index (χ4v) is 1.71. The summed E-state index contributed by atoms with van der Waals surface area (Å²) in [5.74, 6) is -0.219. The van der Waals surface area contributed by atoms with Crippen molar-refractivity contribution >= 4 is 5.97 Å². The summed E-state index contributed by atoms with van der Waals surface area (Å²) >= 11 is 0. The predicted octanol–water partition coefficient (Wildman–Crippen LogP) is 3.37. The molecule has 92 valence electrons. The zero-order chi connectivity index (χ0) is 12.7. The number of hydrogen-bond donors (Lipinski definition) is 0. The maximum Gasteiger partial charge on any atom is 0.309 e. The van der Waals surface area contributed by atoms with Crippen molar-refractivity contribution in [1.29, 1.82) is 0 Å². The van der Waals surface area contributed by atoms with Crippen LogP contribution in [0.4, 0.5) is 0 Å². The quantitative estimate of drug-likeness (QED) is 0.574. The molecule has 1 atom stereocenters. The summed E-state index contributed by atoms with van der Waals surface area (Å²) < 4.78 is 4.85. The molecule has 0 aliphatic heterocycles. The number of rotatable bonds is 5. The first kappa shape index (κ1) is 13.5. The van der Waals surface area contributed by atoms with Crippen molar-refractivity contribution in [3.05, 3.63) is 47.5 Å². The molecule has 1 rings (SSSR count). The van der Waals surface area contributed by atoms with Gasteiger partial charge in [-0.15, -0.1) is 0 Å². The minimum absolute atomic E-state index is 0.0858. The van der Waals surface area contributed by atoms with E-state index < -0.39 is 0 Å². The zero-order valence-electron chi connectivity index (χ0n) is 10.8. The Morgan fingerprint density at radius 2 is 1.94 bits per heavy atom. The fourth-order valence-electron chi connectivity index (χ4n) is 1.71. The maximum absolute atomic E-state index is 11.7. The zero-order valence-corrected chi connectivity index (χ0v) is 10.8. The monoisotopic (exact) mass is 232 g/mol. The van der Waals surface area contributed by atoms with Gasteiger partial charge < -0.3 is 4.74 Å². The van der Waals surface area contributed by atoms with Crippen molar-refractivity contribution in [2.75, 3.05) is 7.11 Å². The van der Waals surface area contributed by atoms with Crippen LogP contribution >= 0.6 is 0 Å². The van der Waals surface area contributed by atoms with Gasteiger partial charge in [-0.1, -0.05) is 42.0 Å². The average Bonchev–Trinajstić information content (AvgIpc) is 2.34. The van der Waals surface area contributed by atoms with Gasteiger partial charge in [-0.25, -0.2) is 0 Å². The Labute approximate surface area is 103 Å². The van der Waals surface area contributed by atoms with E-state index in [2.05, 4.69) is 6.08 Å². The standard InChI is InChI=1S/C15H20O2/c1-12(2)9-10-14(15(16)17-3)11-13-7-5-4-6-8-13/h4-9,14H,10-11H2,1-3H3. The van der Waals surface area contributed by atoms with Gasteiger partial charge in [0.15, 0.2) is 0 Å². The number of carbonyl (C=O) groups excluding carboxylic acids is 1. The summed E-state index contributed by atoms with van der Waals surface area (Å²) in [5.41, 5.74) is 2.40. The maximum atomic E-state index is 11.7. The molecule has 1 unspecified atom stereocenters. The Balaban J connectivity index is 2.70. The van der Waals surface area contributed by atoms with E-state index in [1.54, 1.807) is 0 Å². The van der Waals surface area contributed by atoms with Gasteiger partial charge in [-0.05, 0) is 32.3 Å². The summed E-state index contributed by atoms with van der Waals surface area (Å²) in [4.78, 5) is 11.7. The number of methoxy groups -OCH3 is 1. The fraction of sp³-hybridized carbons (Fsp3) is 0.400. The van der Waals surface area contributed by atoms with Crippen LogP contribution in [0.25, 0.3) is 0 Å². The SMILES string of the molecule is COC(=O)C(CC=C(C)C)Cc1ccccc1. The normalized spacial score (nSPS) is 11.7. The number of allylic oxidation sites excluding steroid dienone is 2. The lowest BCUT2D eigenvalue weighted by Crippen LogP contribution is -2.18. The average molecular weight is 232 g/mol. The third kappa shape index (κ3) is 4.85. The highest BCUT2D eigenvalue weighted by molar-refractivity contribution is 5.72. The van der Waals surface area contributed by atoms with Crippen molar-refractivity contribution in [2.24, 2.45) is 5.92 Å². The van der Waals surface area contributed by atoms with Crippen LogP contribution in [0.15, 0.2) is 42.0 Å². The third-order valence-corrected chi connectivity index (χ3v) is 2.67. The Morgan fingerprint density at radius 3 is 2.47 bits per heavy atom. The second-order valence-electron chi connectivity index (χ2n) is 4.43. The molecule has 0 heterocycles. The first-order valence-electron chi connectivity index (χ1n) is 5.88. The molecule has 0 radical (unpaired) electrons. The van der Waals surface area contributed by atoms with Gasteiger partial charge in [0.25, 0.3) is 0 Å². The van der Waals surface area contributed by atoms with E-state index >= 15 is 0 Å². The molecule has 0 amide bonds. The number of hydrogen-bond acceptors (Lipinski definition) is 2. The first-order valence-corrected chi connectivity index (χ1v) is 5.88. The minimum atomic E-state index is -0.133. The van der Waals surface area contributed by atoms with Gasteiger partial charge in [0.05, 0.1) is 13.0 Å². The van der Waals surface area contributed by atoms with E-state index in [1.165, 1.54) is 18.2 Å². The van der Waals surface area contributed by atoms with E-state index in [0.717, 1.165) is 12.8 Å². The third-order valence-electron chi connectivity index (χ3n) is 2.67. The van der Waals surface area contributed by atoms with Crippen molar-refractivity contribution in [1.82, 2.24) is 0 Å². The molecule has 1 aromatic carbocycles. The number of ether oxygens (including phenoxy) is 1. The van der Waals surface area contributed by atoms with Crippen LogP contribution in [-0.2, 0) is 16.0 Å². The molecule has 0 aromatic heterocycles. The molecule has 1 aromatic rings. The second kappa shape index (κ2) is 6.89. The molecule has 0 spiro atoms. The summed E-state index contributed by atoms with van der Waals surface area (Å²) in [7, 11) is 1.45. The molecule has 0 N–H and O–H groups in total. The van der Waals surface area contributed by atoms with Crippen molar-refractivity contribution < 1.29 is 9.53 Å². The largest absolute Gasteiger partial charge is 0.469 e. The van der Waals surface area contributed by atoms with Crippen LogP contribution in [-0.4, -0.2) is 13.1 Å². The predicted molar refractivity (Wildman–Crippen MR) is 69.7 cm³/mol. The first-order chi connectivity index (χ1) is 8.13. The molecule has 0 aliphatic rings. The molecule has 17 heavy (non-hydrogen) atoms. The minimum Gasteiger partial charge on any atom is -0.469 e. The Bertz CT molecular complexity index is 375. The van der Waals surface area contributed by atoms with Crippen molar-refractivity contribution in [2.45, 2.75) is 26.7 Å². The molecule has 0 aliphatic carbocycles. The Morgan fingerprint density at radius 1 is 1.29 bits per heavy atom.